The van der Waals surface area contributed by atoms with Crippen molar-refractivity contribution in [3.05, 3.63) is 47.8 Å². The first-order chi connectivity index (χ1) is 12.7. The second-order valence-electron chi connectivity index (χ2n) is 6.89. The van der Waals surface area contributed by atoms with Gasteiger partial charge < -0.3 is 14.2 Å². The number of aromatic nitrogens is 2. The third kappa shape index (κ3) is 3.76. The minimum atomic E-state index is 0.304. The van der Waals surface area contributed by atoms with Gasteiger partial charge in [0.2, 0.25) is 6.79 Å². The summed E-state index contributed by atoms with van der Waals surface area (Å²) in [6.45, 7) is 9.57. The number of aryl methyl sites for hydroxylation is 1. The van der Waals surface area contributed by atoms with Crippen LogP contribution < -0.4 is 9.47 Å². The molecule has 0 radical (unpaired) electrons. The van der Waals surface area contributed by atoms with Crippen LogP contribution in [0.25, 0.3) is 6.20 Å². The third-order valence-electron chi connectivity index (χ3n) is 4.93. The maximum atomic E-state index is 5.87. The zero-order chi connectivity index (χ0) is 17.9. The van der Waals surface area contributed by atoms with Gasteiger partial charge in [-0.25, -0.2) is 4.68 Å². The number of benzene rings is 1. The van der Waals surface area contributed by atoms with Gasteiger partial charge >= 0.3 is 0 Å². The molecule has 4 rings (SSSR count). The van der Waals surface area contributed by atoms with Crippen molar-refractivity contribution in [2.45, 2.75) is 39.0 Å². The molecule has 1 unspecified atom stereocenters. The largest absolute Gasteiger partial charge is 0.454 e. The average molecular weight is 355 g/mol. The van der Waals surface area contributed by atoms with E-state index >= 15 is 0 Å². The molecule has 1 fully saturated rings. The first kappa shape index (κ1) is 17.1. The van der Waals surface area contributed by atoms with E-state index < -0.39 is 0 Å². The molecule has 0 amide bonds. The molecule has 0 aliphatic carbocycles. The monoisotopic (exact) mass is 355 g/mol. The molecule has 1 aromatic carbocycles. The molecule has 138 valence electrons. The summed E-state index contributed by atoms with van der Waals surface area (Å²) in [5, 5.41) is 4.47. The molecule has 1 saturated heterocycles. The normalized spacial score (nSPS) is 18.6. The molecular formula is C20H25N3O3. The molecule has 0 saturated carbocycles. The highest BCUT2D eigenvalue weighted by molar-refractivity contribution is 5.44. The smallest absolute Gasteiger partial charge is 0.231 e. The minimum absolute atomic E-state index is 0.304. The number of nitrogens with zero attached hydrogens (tertiary/aromatic N) is 3. The molecule has 2 aliphatic rings. The highest BCUT2D eigenvalue weighted by Gasteiger charge is 2.21. The van der Waals surface area contributed by atoms with Crippen LogP contribution in [0.4, 0.5) is 0 Å². The Kier molecular flexibility index (Phi) is 4.95. The van der Waals surface area contributed by atoms with Gasteiger partial charge in [-0.2, -0.15) is 5.10 Å². The molecule has 1 atom stereocenters. The van der Waals surface area contributed by atoms with Gasteiger partial charge in [0.1, 0.15) is 0 Å². The molecule has 6 nitrogen and oxygen atoms in total. The average Bonchev–Trinajstić information content (AvgIpc) is 3.36. The molecule has 26 heavy (non-hydrogen) atoms. The Balaban J connectivity index is 1.51. The fourth-order valence-electron chi connectivity index (χ4n) is 3.57. The van der Waals surface area contributed by atoms with Crippen molar-refractivity contribution in [2.75, 3.05) is 19.9 Å². The van der Waals surface area contributed by atoms with Gasteiger partial charge in [-0.1, -0.05) is 12.6 Å². The first-order valence-corrected chi connectivity index (χ1v) is 9.11. The number of hydrogen-bond donors (Lipinski definition) is 0. The summed E-state index contributed by atoms with van der Waals surface area (Å²) in [6, 6.07) is 6.17. The Bertz CT molecular complexity index is 781. The van der Waals surface area contributed by atoms with Crippen LogP contribution in [0.3, 0.4) is 0 Å². The Morgan fingerprint density at radius 2 is 2.19 bits per heavy atom. The number of ether oxygens (including phenoxy) is 3. The van der Waals surface area contributed by atoms with E-state index in [4.69, 9.17) is 14.2 Å². The number of hydrogen-bond acceptors (Lipinski definition) is 5. The van der Waals surface area contributed by atoms with E-state index in [1.54, 1.807) is 10.9 Å². The highest BCUT2D eigenvalue weighted by Crippen LogP contribution is 2.33. The lowest BCUT2D eigenvalue weighted by molar-refractivity contribution is 0.0678. The van der Waals surface area contributed by atoms with Crippen molar-refractivity contribution >= 4 is 6.20 Å². The van der Waals surface area contributed by atoms with E-state index in [0.29, 0.717) is 12.9 Å². The van der Waals surface area contributed by atoms with Crippen molar-refractivity contribution in [1.82, 2.24) is 14.7 Å². The molecule has 0 spiro atoms. The van der Waals surface area contributed by atoms with Gasteiger partial charge in [0, 0.05) is 44.2 Å². The standard InChI is InChI=1S/C20H25N3O3/c1-3-23-12-17(15(2)21-23)11-22(13-18-5-4-8-24-18)10-16-6-7-19-20(9-16)26-14-25-19/h3,6-7,9,12,18H,1,4-5,8,10-11,13-14H2,2H3. The van der Waals surface area contributed by atoms with Crippen LogP contribution in [0.5, 0.6) is 11.5 Å². The van der Waals surface area contributed by atoms with Gasteiger partial charge in [0.05, 0.1) is 11.8 Å². The Hall–Kier alpha value is -2.31. The van der Waals surface area contributed by atoms with Gasteiger partial charge in [-0.15, -0.1) is 0 Å². The summed E-state index contributed by atoms with van der Waals surface area (Å²) < 4.78 is 18.6. The lowest BCUT2D eigenvalue weighted by atomic mass is 10.1. The summed E-state index contributed by atoms with van der Waals surface area (Å²) in [5.74, 6) is 1.65. The van der Waals surface area contributed by atoms with Gasteiger partial charge in [0.15, 0.2) is 11.5 Å². The minimum Gasteiger partial charge on any atom is -0.454 e. The van der Waals surface area contributed by atoms with E-state index in [0.717, 1.165) is 56.3 Å². The summed E-state index contributed by atoms with van der Waals surface area (Å²) in [7, 11) is 0. The van der Waals surface area contributed by atoms with Gasteiger partial charge in [0.25, 0.3) is 0 Å². The predicted molar refractivity (Wildman–Crippen MR) is 99.0 cm³/mol. The molecule has 0 N–H and O–H groups in total. The zero-order valence-electron chi connectivity index (χ0n) is 15.2. The van der Waals surface area contributed by atoms with Crippen LogP contribution in [0.1, 0.15) is 29.7 Å². The van der Waals surface area contributed by atoms with Gasteiger partial charge in [-0.3, -0.25) is 4.90 Å². The highest BCUT2D eigenvalue weighted by atomic mass is 16.7. The molecule has 2 aliphatic heterocycles. The predicted octanol–water partition coefficient (Wildman–Crippen LogP) is 3.20. The van der Waals surface area contributed by atoms with Crippen molar-refractivity contribution in [1.29, 1.82) is 0 Å². The summed E-state index contributed by atoms with van der Waals surface area (Å²) >= 11 is 0. The summed E-state index contributed by atoms with van der Waals surface area (Å²) in [4.78, 5) is 2.42. The second-order valence-corrected chi connectivity index (χ2v) is 6.89. The maximum absolute atomic E-state index is 5.87. The van der Waals surface area contributed by atoms with Crippen LogP contribution in [-0.2, 0) is 17.8 Å². The first-order valence-electron chi connectivity index (χ1n) is 9.11. The topological polar surface area (TPSA) is 48.8 Å². The number of fused-ring (bicyclic) bond motifs is 1. The van der Waals surface area contributed by atoms with Crippen molar-refractivity contribution in [3.63, 3.8) is 0 Å². The quantitative estimate of drug-likeness (QED) is 0.763. The molecule has 3 heterocycles. The lowest BCUT2D eigenvalue weighted by Crippen LogP contribution is -2.31. The summed E-state index contributed by atoms with van der Waals surface area (Å²) in [5.41, 5.74) is 3.46. The van der Waals surface area contributed by atoms with Gasteiger partial charge in [-0.05, 0) is 37.5 Å². The Morgan fingerprint density at radius 3 is 2.96 bits per heavy atom. The Morgan fingerprint density at radius 1 is 1.31 bits per heavy atom. The van der Waals surface area contributed by atoms with Crippen LogP contribution in [0.2, 0.25) is 0 Å². The number of rotatable bonds is 7. The van der Waals surface area contributed by atoms with E-state index in [2.05, 4.69) is 28.7 Å². The molecule has 1 aromatic heterocycles. The molecule has 0 bridgehead atoms. The molecule has 2 aromatic rings. The van der Waals surface area contributed by atoms with Crippen molar-refractivity contribution in [3.8, 4) is 11.5 Å². The maximum Gasteiger partial charge on any atom is 0.231 e. The van der Waals surface area contributed by atoms with Crippen LogP contribution in [0, 0.1) is 6.92 Å². The van der Waals surface area contributed by atoms with Crippen LogP contribution in [-0.4, -0.2) is 40.7 Å². The Labute approximate surface area is 154 Å². The van der Waals surface area contributed by atoms with E-state index in [1.807, 2.05) is 19.2 Å². The molecular weight excluding hydrogens is 330 g/mol. The lowest BCUT2D eigenvalue weighted by Gasteiger charge is -2.25. The van der Waals surface area contributed by atoms with Crippen LogP contribution >= 0.6 is 0 Å². The summed E-state index contributed by atoms with van der Waals surface area (Å²) in [6.07, 6.45) is 6.35. The van der Waals surface area contributed by atoms with E-state index in [1.165, 1.54) is 11.1 Å². The second kappa shape index (κ2) is 7.51. The third-order valence-corrected chi connectivity index (χ3v) is 4.93. The fraction of sp³-hybridized carbons (Fsp3) is 0.450. The fourth-order valence-corrected chi connectivity index (χ4v) is 3.57. The van der Waals surface area contributed by atoms with E-state index in [-0.39, 0.29) is 0 Å². The van der Waals surface area contributed by atoms with Crippen LogP contribution in [0.15, 0.2) is 31.0 Å². The zero-order valence-corrected chi connectivity index (χ0v) is 15.2. The van der Waals surface area contributed by atoms with E-state index in [9.17, 15) is 0 Å². The van der Waals surface area contributed by atoms with Crippen molar-refractivity contribution < 1.29 is 14.2 Å². The SMILES string of the molecule is C=Cn1cc(CN(Cc2ccc3c(c2)OCO3)CC2CCCO2)c(C)n1. The molecule has 6 heteroatoms. The van der Waals surface area contributed by atoms with Crippen molar-refractivity contribution in [2.24, 2.45) is 0 Å².